The SMILES string of the molecule is CCOC(C(C)C)C(NC)C1CCOC1. The van der Waals surface area contributed by atoms with Crippen LogP contribution in [0.3, 0.4) is 0 Å². The quantitative estimate of drug-likeness (QED) is 0.731. The first-order valence-electron chi connectivity index (χ1n) is 6.07. The Morgan fingerprint density at radius 2 is 2.20 bits per heavy atom. The molecule has 15 heavy (non-hydrogen) atoms. The maximum Gasteiger partial charge on any atom is 0.0754 e. The summed E-state index contributed by atoms with van der Waals surface area (Å²) in [6, 6.07) is 0.424. The monoisotopic (exact) mass is 215 g/mol. The first-order chi connectivity index (χ1) is 7.20. The summed E-state index contributed by atoms with van der Waals surface area (Å²) in [6.45, 7) is 9.07. The van der Waals surface area contributed by atoms with Gasteiger partial charge in [0.15, 0.2) is 0 Å². The molecule has 1 heterocycles. The summed E-state index contributed by atoms with van der Waals surface area (Å²) in [4.78, 5) is 0. The normalized spacial score (nSPS) is 25.8. The van der Waals surface area contributed by atoms with Crippen LogP contribution in [0.2, 0.25) is 0 Å². The Bertz CT molecular complexity index is 167. The molecule has 0 spiro atoms. The van der Waals surface area contributed by atoms with Gasteiger partial charge in [0.25, 0.3) is 0 Å². The molecule has 1 rings (SSSR count). The van der Waals surface area contributed by atoms with Crippen LogP contribution >= 0.6 is 0 Å². The van der Waals surface area contributed by atoms with Gasteiger partial charge in [-0.25, -0.2) is 0 Å². The van der Waals surface area contributed by atoms with Crippen molar-refractivity contribution in [2.45, 2.75) is 39.3 Å². The summed E-state index contributed by atoms with van der Waals surface area (Å²) in [7, 11) is 2.03. The van der Waals surface area contributed by atoms with Crippen molar-refractivity contribution in [3.63, 3.8) is 0 Å². The largest absolute Gasteiger partial charge is 0.381 e. The predicted octanol–water partition coefficient (Wildman–Crippen LogP) is 1.67. The van der Waals surface area contributed by atoms with E-state index in [-0.39, 0.29) is 0 Å². The van der Waals surface area contributed by atoms with Gasteiger partial charge in [-0.05, 0) is 26.3 Å². The van der Waals surface area contributed by atoms with E-state index >= 15 is 0 Å². The van der Waals surface area contributed by atoms with Crippen molar-refractivity contribution in [2.75, 3.05) is 26.9 Å². The molecule has 0 saturated carbocycles. The Hall–Kier alpha value is -0.120. The molecule has 90 valence electrons. The Morgan fingerprint density at radius 3 is 2.60 bits per heavy atom. The highest BCUT2D eigenvalue weighted by atomic mass is 16.5. The molecule has 1 saturated heterocycles. The smallest absolute Gasteiger partial charge is 0.0754 e. The number of rotatable bonds is 6. The molecule has 1 fully saturated rings. The van der Waals surface area contributed by atoms with Gasteiger partial charge in [0.1, 0.15) is 0 Å². The fourth-order valence-electron chi connectivity index (χ4n) is 2.41. The van der Waals surface area contributed by atoms with Crippen LogP contribution in [0.25, 0.3) is 0 Å². The van der Waals surface area contributed by atoms with Gasteiger partial charge in [-0.3, -0.25) is 0 Å². The van der Waals surface area contributed by atoms with Crippen LogP contribution in [0.15, 0.2) is 0 Å². The molecule has 3 atom stereocenters. The van der Waals surface area contributed by atoms with Crippen LogP contribution < -0.4 is 5.32 Å². The second-order valence-corrected chi connectivity index (χ2v) is 4.60. The van der Waals surface area contributed by atoms with Crippen molar-refractivity contribution in [2.24, 2.45) is 11.8 Å². The Balaban J connectivity index is 2.59. The van der Waals surface area contributed by atoms with Gasteiger partial charge in [0.05, 0.1) is 12.7 Å². The molecule has 1 aliphatic heterocycles. The third-order valence-electron chi connectivity index (χ3n) is 3.18. The first kappa shape index (κ1) is 12.9. The summed E-state index contributed by atoms with van der Waals surface area (Å²) < 4.78 is 11.3. The van der Waals surface area contributed by atoms with E-state index in [0.29, 0.717) is 24.0 Å². The minimum absolute atomic E-state index is 0.298. The number of ether oxygens (including phenoxy) is 2. The van der Waals surface area contributed by atoms with E-state index in [1.165, 1.54) is 0 Å². The van der Waals surface area contributed by atoms with Gasteiger partial charge in [-0.2, -0.15) is 0 Å². The summed E-state index contributed by atoms with van der Waals surface area (Å²) in [6.07, 6.45) is 1.45. The maximum absolute atomic E-state index is 5.85. The molecule has 0 aromatic heterocycles. The molecule has 0 aromatic carbocycles. The molecular weight excluding hydrogens is 190 g/mol. The lowest BCUT2D eigenvalue weighted by molar-refractivity contribution is -0.0111. The number of hydrogen-bond acceptors (Lipinski definition) is 3. The average Bonchev–Trinajstić information content (AvgIpc) is 2.71. The lowest BCUT2D eigenvalue weighted by atomic mass is 9.88. The molecule has 0 aliphatic carbocycles. The predicted molar refractivity (Wildman–Crippen MR) is 62.0 cm³/mol. The minimum atomic E-state index is 0.298. The van der Waals surface area contributed by atoms with Crippen LogP contribution in [0.1, 0.15) is 27.2 Å². The van der Waals surface area contributed by atoms with Gasteiger partial charge in [-0.15, -0.1) is 0 Å². The third-order valence-corrected chi connectivity index (χ3v) is 3.18. The fourth-order valence-corrected chi connectivity index (χ4v) is 2.41. The first-order valence-corrected chi connectivity index (χ1v) is 6.07. The maximum atomic E-state index is 5.85. The van der Waals surface area contributed by atoms with Gasteiger partial charge in [-0.1, -0.05) is 13.8 Å². The van der Waals surface area contributed by atoms with E-state index in [1.807, 2.05) is 7.05 Å². The van der Waals surface area contributed by atoms with Crippen molar-refractivity contribution >= 4 is 0 Å². The molecule has 3 nitrogen and oxygen atoms in total. The van der Waals surface area contributed by atoms with Gasteiger partial charge < -0.3 is 14.8 Å². The summed E-state index contributed by atoms with van der Waals surface area (Å²) in [5.74, 6) is 1.15. The second kappa shape index (κ2) is 6.46. The van der Waals surface area contributed by atoms with Crippen molar-refractivity contribution in [1.82, 2.24) is 5.32 Å². The number of likely N-dealkylation sites (N-methyl/N-ethyl adjacent to an activating group) is 1. The van der Waals surface area contributed by atoms with E-state index < -0.39 is 0 Å². The zero-order valence-corrected chi connectivity index (χ0v) is 10.5. The van der Waals surface area contributed by atoms with E-state index in [9.17, 15) is 0 Å². The Morgan fingerprint density at radius 1 is 1.47 bits per heavy atom. The molecule has 3 heteroatoms. The topological polar surface area (TPSA) is 30.5 Å². The Labute approximate surface area is 93.5 Å². The zero-order valence-electron chi connectivity index (χ0n) is 10.5. The molecule has 1 aliphatic rings. The van der Waals surface area contributed by atoms with E-state index in [4.69, 9.17) is 9.47 Å². The van der Waals surface area contributed by atoms with Crippen LogP contribution in [0.5, 0.6) is 0 Å². The average molecular weight is 215 g/mol. The molecule has 0 amide bonds. The summed E-state index contributed by atoms with van der Waals surface area (Å²) in [5, 5.41) is 3.41. The van der Waals surface area contributed by atoms with Crippen LogP contribution in [0.4, 0.5) is 0 Å². The molecule has 0 aromatic rings. The summed E-state index contributed by atoms with van der Waals surface area (Å²) >= 11 is 0. The lowest BCUT2D eigenvalue weighted by Gasteiger charge is -2.33. The third kappa shape index (κ3) is 3.44. The fraction of sp³-hybridized carbons (Fsp3) is 1.00. The van der Waals surface area contributed by atoms with E-state index in [2.05, 4.69) is 26.1 Å². The van der Waals surface area contributed by atoms with Crippen molar-refractivity contribution in [1.29, 1.82) is 0 Å². The minimum Gasteiger partial charge on any atom is -0.381 e. The van der Waals surface area contributed by atoms with Gasteiger partial charge in [0.2, 0.25) is 0 Å². The van der Waals surface area contributed by atoms with Crippen LogP contribution in [0, 0.1) is 11.8 Å². The lowest BCUT2D eigenvalue weighted by Crippen LogP contribution is -2.47. The van der Waals surface area contributed by atoms with Crippen molar-refractivity contribution < 1.29 is 9.47 Å². The number of nitrogens with one attached hydrogen (secondary N) is 1. The molecular formula is C12H25NO2. The molecule has 0 radical (unpaired) electrons. The Kier molecular flexibility index (Phi) is 5.58. The van der Waals surface area contributed by atoms with Crippen LogP contribution in [-0.4, -0.2) is 39.0 Å². The van der Waals surface area contributed by atoms with E-state index in [0.717, 1.165) is 26.2 Å². The van der Waals surface area contributed by atoms with Crippen molar-refractivity contribution in [3.8, 4) is 0 Å². The standard InChI is InChI=1S/C12H25NO2/c1-5-15-12(9(2)3)11(13-4)10-6-7-14-8-10/h9-13H,5-8H2,1-4H3. The molecule has 3 unspecified atom stereocenters. The second-order valence-electron chi connectivity index (χ2n) is 4.60. The van der Waals surface area contributed by atoms with E-state index in [1.54, 1.807) is 0 Å². The van der Waals surface area contributed by atoms with Gasteiger partial charge in [0, 0.05) is 25.2 Å². The summed E-state index contributed by atoms with van der Waals surface area (Å²) in [5.41, 5.74) is 0. The zero-order chi connectivity index (χ0) is 11.3. The highest BCUT2D eigenvalue weighted by Gasteiger charge is 2.33. The highest BCUT2D eigenvalue weighted by molar-refractivity contribution is 4.86. The number of hydrogen-bond donors (Lipinski definition) is 1. The van der Waals surface area contributed by atoms with Crippen LogP contribution in [-0.2, 0) is 9.47 Å². The van der Waals surface area contributed by atoms with Gasteiger partial charge >= 0.3 is 0 Å². The molecule has 0 bridgehead atoms. The highest BCUT2D eigenvalue weighted by Crippen LogP contribution is 2.24. The van der Waals surface area contributed by atoms with Crippen molar-refractivity contribution in [3.05, 3.63) is 0 Å². The molecule has 1 N–H and O–H groups in total.